The van der Waals surface area contributed by atoms with Gasteiger partial charge in [0.05, 0.1) is 0 Å². The first-order chi connectivity index (χ1) is 7.92. The van der Waals surface area contributed by atoms with Gasteiger partial charge in [-0.15, -0.1) is 0 Å². The zero-order valence-corrected chi connectivity index (χ0v) is 9.56. The van der Waals surface area contributed by atoms with E-state index in [1.165, 1.54) is 38.6 Å². The van der Waals surface area contributed by atoms with Crippen molar-refractivity contribution in [2.75, 3.05) is 13.1 Å². The summed E-state index contributed by atoms with van der Waals surface area (Å²) < 4.78 is 4.70. The Balaban J connectivity index is 1.35. The van der Waals surface area contributed by atoms with E-state index in [2.05, 4.69) is 15.5 Å². The molecule has 0 radical (unpaired) electrons. The molecular weight excluding hydrogens is 202 g/mol. The Morgan fingerprint density at radius 3 is 3.06 bits per heavy atom. The topological polar surface area (TPSA) is 51.0 Å². The van der Waals surface area contributed by atoms with Gasteiger partial charge >= 0.3 is 0 Å². The molecule has 88 valence electrons. The average molecular weight is 221 g/mol. The molecule has 0 aromatic carbocycles. The molecule has 2 aliphatic rings. The summed E-state index contributed by atoms with van der Waals surface area (Å²) in [5, 5.41) is 7.33. The molecule has 0 saturated heterocycles. The van der Waals surface area contributed by atoms with E-state index in [0.29, 0.717) is 0 Å². The van der Waals surface area contributed by atoms with Gasteiger partial charge in [-0.05, 0) is 43.6 Å². The molecule has 4 heteroatoms. The fraction of sp³-hybridized carbons (Fsp3) is 0.833. The van der Waals surface area contributed by atoms with Crippen molar-refractivity contribution in [2.45, 2.75) is 32.1 Å². The van der Waals surface area contributed by atoms with Crippen molar-refractivity contribution in [1.82, 2.24) is 15.5 Å². The summed E-state index contributed by atoms with van der Waals surface area (Å²) in [7, 11) is 0. The first-order valence-electron chi connectivity index (χ1n) is 6.38. The Hall–Kier alpha value is -0.900. The zero-order chi connectivity index (χ0) is 10.8. The fourth-order valence-corrected chi connectivity index (χ4v) is 3.42. The van der Waals surface area contributed by atoms with Crippen LogP contribution in [0.15, 0.2) is 10.9 Å². The van der Waals surface area contributed by atoms with E-state index in [-0.39, 0.29) is 0 Å². The van der Waals surface area contributed by atoms with Crippen LogP contribution >= 0.6 is 0 Å². The summed E-state index contributed by atoms with van der Waals surface area (Å²) in [6.07, 6.45) is 8.19. The van der Waals surface area contributed by atoms with E-state index in [1.54, 1.807) is 0 Å². The van der Waals surface area contributed by atoms with Crippen molar-refractivity contribution >= 4 is 0 Å². The summed E-state index contributed by atoms with van der Waals surface area (Å²) in [5.74, 6) is 3.81. The molecule has 3 rings (SSSR count). The van der Waals surface area contributed by atoms with Crippen LogP contribution in [0.4, 0.5) is 0 Å². The van der Waals surface area contributed by atoms with Crippen molar-refractivity contribution in [3.8, 4) is 0 Å². The molecule has 2 bridgehead atoms. The van der Waals surface area contributed by atoms with Crippen LogP contribution in [-0.4, -0.2) is 23.2 Å². The Labute approximate surface area is 95.8 Å². The summed E-state index contributed by atoms with van der Waals surface area (Å²) in [6, 6.07) is 0. The van der Waals surface area contributed by atoms with E-state index in [0.717, 1.165) is 36.5 Å². The molecule has 0 amide bonds. The van der Waals surface area contributed by atoms with Crippen molar-refractivity contribution in [1.29, 1.82) is 0 Å². The third-order valence-electron chi connectivity index (χ3n) is 4.22. The van der Waals surface area contributed by atoms with Gasteiger partial charge in [0.15, 0.2) is 5.82 Å². The van der Waals surface area contributed by atoms with Gasteiger partial charge in [0.2, 0.25) is 6.39 Å². The summed E-state index contributed by atoms with van der Waals surface area (Å²) in [6.45, 7) is 2.15. The maximum atomic E-state index is 4.70. The van der Waals surface area contributed by atoms with Gasteiger partial charge in [0.1, 0.15) is 0 Å². The molecule has 1 N–H and O–H groups in total. The van der Waals surface area contributed by atoms with Crippen LogP contribution in [0.3, 0.4) is 0 Å². The standard InChI is InChI=1S/C12H19N3O/c1-2-10-5-9(1)6-11(10)7-13-4-3-12-14-8-16-15-12/h8-11,13H,1-7H2. The van der Waals surface area contributed by atoms with Gasteiger partial charge in [-0.25, -0.2) is 0 Å². The minimum atomic E-state index is 0.806. The summed E-state index contributed by atoms with van der Waals surface area (Å²) >= 11 is 0. The van der Waals surface area contributed by atoms with Crippen LogP contribution < -0.4 is 5.32 Å². The number of hydrogen-bond acceptors (Lipinski definition) is 4. The highest BCUT2D eigenvalue weighted by atomic mass is 16.5. The van der Waals surface area contributed by atoms with Gasteiger partial charge in [-0.2, -0.15) is 4.98 Å². The van der Waals surface area contributed by atoms with E-state index in [4.69, 9.17) is 4.52 Å². The quantitative estimate of drug-likeness (QED) is 0.768. The number of fused-ring (bicyclic) bond motifs is 2. The lowest BCUT2D eigenvalue weighted by Crippen LogP contribution is -2.28. The highest BCUT2D eigenvalue weighted by molar-refractivity contribution is 4.91. The average Bonchev–Trinajstić information content (AvgIpc) is 3.01. The summed E-state index contributed by atoms with van der Waals surface area (Å²) in [4.78, 5) is 4.01. The fourth-order valence-electron chi connectivity index (χ4n) is 3.42. The maximum absolute atomic E-state index is 4.70. The lowest BCUT2D eigenvalue weighted by Gasteiger charge is -2.21. The smallest absolute Gasteiger partial charge is 0.213 e. The second kappa shape index (κ2) is 4.53. The minimum Gasteiger partial charge on any atom is -0.343 e. The summed E-state index contributed by atoms with van der Waals surface area (Å²) in [5.41, 5.74) is 0. The predicted octanol–water partition coefficient (Wildman–Crippen LogP) is 1.64. The van der Waals surface area contributed by atoms with Gasteiger partial charge in [-0.3, -0.25) is 0 Å². The molecule has 1 aromatic rings. The van der Waals surface area contributed by atoms with E-state index in [9.17, 15) is 0 Å². The van der Waals surface area contributed by atoms with Crippen LogP contribution in [0.25, 0.3) is 0 Å². The second-order valence-electron chi connectivity index (χ2n) is 5.24. The third kappa shape index (κ3) is 2.12. The molecule has 16 heavy (non-hydrogen) atoms. The third-order valence-corrected chi connectivity index (χ3v) is 4.22. The Morgan fingerprint density at radius 2 is 2.38 bits per heavy atom. The molecule has 4 nitrogen and oxygen atoms in total. The van der Waals surface area contributed by atoms with Crippen LogP contribution in [-0.2, 0) is 6.42 Å². The van der Waals surface area contributed by atoms with Gasteiger partial charge in [0, 0.05) is 13.0 Å². The minimum absolute atomic E-state index is 0.806. The molecule has 3 unspecified atom stereocenters. The molecule has 2 saturated carbocycles. The molecule has 0 aliphatic heterocycles. The molecule has 1 aromatic heterocycles. The van der Waals surface area contributed by atoms with Crippen LogP contribution in [0.5, 0.6) is 0 Å². The SMILES string of the molecule is c1nc(CCNCC2CC3CCC2C3)no1. The number of hydrogen-bond donors (Lipinski definition) is 1. The number of rotatable bonds is 5. The van der Waals surface area contributed by atoms with Crippen LogP contribution in [0.2, 0.25) is 0 Å². The highest BCUT2D eigenvalue weighted by Crippen LogP contribution is 2.47. The van der Waals surface area contributed by atoms with E-state index < -0.39 is 0 Å². The van der Waals surface area contributed by atoms with E-state index >= 15 is 0 Å². The first-order valence-corrected chi connectivity index (χ1v) is 6.38. The van der Waals surface area contributed by atoms with E-state index in [1.807, 2.05) is 0 Å². The Morgan fingerprint density at radius 1 is 1.38 bits per heavy atom. The highest BCUT2D eigenvalue weighted by Gasteiger charge is 2.38. The van der Waals surface area contributed by atoms with Gasteiger partial charge < -0.3 is 9.84 Å². The first kappa shape index (κ1) is 10.3. The molecule has 1 heterocycles. The van der Waals surface area contributed by atoms with Gasteiger partial charge in [-0.1, -0.05) is 11.6 Å². The Bertz CT molecular complexity index is 325. The Kier molecular flexibility index (Phi) is 2.91. The number of nitrogens with one attached hydrogen (secondary N) is 1. The molecule has 2 aliphatic carbocycles. The second-order valence-corrected chi connectivity index (χ2v) is 5.24. The molecule has 2 fully saturated rings. The number of nitrogens with zero attached hydrogens (tertiary/aromatic N) is 2. The molecule has 0 spiro atoms. The molecule has 3 atom stereocenters. The zero-order valence-electron chi connectivity index (χ0n) is 9.56. The van der Waals surface area contributed by atoms with Crippen molar-refractivity contribution in [3.63, 3.8) is 0 Å². The van der Waals surface area contributed by atoms with Crippen LogP contribution in [0.1, 0.15) is 31.5 Å². The molecular formula is C12H19N3O. The predicted molar refractivity (Wildman–Crippen MR) is 59.8 cm³/mol. The monoisotopic (exact) mass is 221 g/mol. The maximum Gasteiger partial charge on any atom is 0.213 e. The normalized spacial score (nSPS) is 32.4. The van der Waals surface area contributed by atoms with Crippen LogP contribution in [0, 0.1) is 17.8 Å². The van der Waals surface area contributed by atoms with Gasteiger partial charge in [0.25, 0.3) is 0 Å². The van der Waals surface area contributed by atoms with Crippen molar-refractivity contribution in [3.05, 3.63) is 12.2 Å². The number of aromatic nitrogens is 2. The van der Waals surface area contributed by atoms with Crippen molar-refractivity contribution < 1.29 is 4.52 Å². The van der Waals surface area contributed by atoms with Crippen molar-refractivity contribution in [2.24, 2.45) is 17.8 Å². The largest absolute Gasteiger partial charge is 0.343 e. The lowest BCUT2D eigenvalue weighted by atomic mass is 9.89. The lowest BCUT2D eigenvalue weighted by molar-refractivity contribution is 0.319.